The highest BCUT2D eigenvalue weighted by molar-refractivity contribution is 6.30. The van der Waals surface area contributed by atoms with Crippen molar-refractivity contribution in [1.29, 1.82) is 0 Å². The first-order valence-corrected chi connectivity index (χ1v) is 11.9. The molecule has 2 aromatic rings. The molecule has 0 aliphatic carbocycles. The number of nitrogens with zero attached hydrogens (tertiary/aromatic N) is 3. The summed E-state index contributed by atoms with van der Waals surface area (Å²) in [5.74, 6) is -0.116. The third kappa shape index (κ3) is 5.80. The Labute approximate surface area is 204 Å². The lowest BCUT2D eigenvalue weighted by molar-refractivity contribution is -0.129. The third-order valence-corrected chi connectivity index (χ3v) is 7.02. The van der Waals surface area contributed by atoms with Gasteiger partial charge in [-0.05, 0) is 61.1 Å². The molecule has 2 aliphatic rings. The number of nitrogens with one attached hydrogen (secondary N) is 1. The van der Waals surface area contributed by atoms with Gasteiger partial charge in [0.05, 0.1) is 11.7 Å². The van der Waals surface area contributed by atoms with Gasteiger partial charge in [-0.25, -0.2) is 9.18 Å². The number of carbonyl (C=O) groups is 2. The predicted octanol–water partition coefficient (Wildman–Crippen LogP) is 4.88. The molecule has 0 radical (unpaired) electrons. The highest BCUT2D eigenvalue weighted by atomic mass is 35.5. The molecule has 0 aromatic heterocycles. The number of carbonyl (C=O) groups excluding carboxylic acids is 2. The highest BCUT2D eigenvalue weighted by Crippen LogP contribution is 2.30. The van der Waals surface area contributed by atoms with E-state index in [-0.39, 0.29) is 17.6 Å². The Balaban J connectivity index is 1.27. The van der Waals surface area contributed by atoms with Gasteiger partial charge in [0.15, 0.2) is 0 Å². The van der Waals surface area contributed by atoms with Crippen LogP contribution in [0.25, 0.3) is 0 Å². The van der Waals surface area contributed by atoms with Crippen LogP contribution in [-0.2, 0) is 9.63 Å². The smallest absolute Gasteiger partial charge is 0.369 e. The molecule has 1 atom stereocenters. The van der Waals surface area contributed by atoms with E-state index in [0.717, 1.165) is 31.5 Å². The van der Waals surface area contributed by atoms with E-state index in [1.807, 2.05) is 29.2 Å². The molecule has 7 nitrogen and oxygen atoms in total. The second-order valence-corrected chi connectivity index (χ2v) is 9.38. The van der Waals surface area contributed by atoms with E-state index >= 15 is 0 Å². The van der Waals surface area contributed by atoms with Gasteiger partial charge in [-0.3, -0.25) is 10.1 Å². The molecular formula is C25H30ClFN4O3. The second kappa shape index (κ2) is 10.6. The number of halogens is 2. The van der Waals surface area contributed by atoms with Gasteiger partial charge >= 0.3 is 6.09 Å². The highest BCUT2D eigenvalue weighted by Gasteiger charge is 2.28. The molecule has 2 saturated heterocycles. The molecule has 1 N–H and O–H groups in total. The number of piperidine rings is 1. The summed E-state index contributed by atoms with van der Waals surface area (Å²) in [5, 5.41) is 4.83. The Morgan fingerprint density at radius 3 is 2.44 bits per heavy atom. The van der Waals surface area contributed by atoms with Crippen LogP contribution >= 0.6 is 11.6 Å². The van der Waals surface area contributed by atoms with Crippen LogP contribution in [0.1, 0.15) is 37.7 Å². The van der Waals surface area contributed by atoms with Crippen molar-refractivity contribution in [1.82, 2.24) is 9.96 Å². The minimum absolute atomic E-state index is 0.0188. The van der Waals surface area contributed by atoms with Gasteiger partial charge in [-0.2, -0.15) is 0 Å². The van der Waals surface area contributed by atoms with E-state index in [9.17, 15) is 14.0 Å². The molecule has 2 amide bonds. The molecule has 4 rings (SSSR count). The first-order valence-electron chi connectivity index (χ1n) is 11.6. The fraction of sp³-hybridized carbons (Fsp3) is 0.440. The number of rotatable bonds is 5. The van der Waals surface area contributed by atoms with Crippen molar-refractivity contribution in [2.24, 2.45) is 0 Å². The van der Waals surface area contributed by atoms with Crippen LogP contribution in [-0.4, -0.2) is 61.2 Å². The number of amides is 2. The van der Waals surface area contributed by atoms with Crippen molar-refractivity contribution in [3.63, 3.8) is 0 Å². The van der Waals surface area contributed by atoms with E-state index in [0.29, 0.717) is 30.6 Å². The van der Waals surface area contributed by atoms with Gasteiger partial charge in [0.2, 0.25) is 5.91 Å². The number of hydrogen-bond acceptors (Lipinski definition) is 5. The molecule has 2 heterocycles. The van der Waals surface area contributed by atoms with E-state index in [2.05, 4.69) is 5.32 Å². The van der Waals surface area contributed by atoms with Gasteiger partial charge in [-0.1, -0.05) is 23.7 Å². The first-order chi connectivity index (χ1) is 16.3. The van der Waals surface area contributed by atoms with Gasteiger partial charge in [0, 0.05) is 50.9 Å². The predicted molar refractivity (Wildman–Crippen MR) is 131 cm³/mol. The summed E-state index contributed by atoms with van der Waals surface area (Å²) in [7, 11) is 1.79. The van der Waals surface area contributed by atoms with Gasteiger partial charge < -0.3 is 14.6 Å². The average Bonchev–Trinajstić information content (AvgIpc) is 3.31. The lowest BCUT2D eigenvalue weighted by Gasteiger charge is -2.30. The molecule has 0 bridgehead atoms. The van der Waals surface area contributed by atoms with Crippen molar-refractivity contribution in [3.8, 4) is 0 Å². The minimum atomic E-state index is -0.707. The minimum Gasteiger partial charge on any atom is -0.369 e. The molecule has 0 saturated carbocycles. The zero-order chi connectivity index (χ0) is 24.2. The zero-order valence-corrected chi connectivity index (χ0v) is 20.2. The van der Waals surface area contributed by atoms with Crippen LogP contribution < -0.4 is 10.2 Å². The van der Waals surface area contributed by atoms with Gasteiger partial charge in [0.1, 0.15) is 5.82 Å². The Hall–Kier alpha value is -2.84. The molecule has 0 spiro atoms. The summed E-state index contributed by atoms with van der Waals surface area (Å²) in [5.41, 5.74) is 2.02. The van der Waals surface area contributed by atoms with Crippen LogP contribution in [0, 0.1) is 5.82 Å². The van der Waals surface area contributed by atoms with Crippen molar-refractivity contribution < 1.29 is 18.8 Å². The Bertz CT molecular complexity index is 1030. The molecule has 2 aliphatic heterocycles. The van der Waals surface area contributed by atoms with E-state index in [1.165, 1.54) is 11.6 Å². The quantitative estimate of drug-likeness (QED) is 0.650. The summed E-state index contributed by atoms with van der Waals surface area (Å²) in [6, 6.07) is 12.7. The molecule has 182 valence electrons. The lowest BCUT2D eigenvalue weighted by atomic mass is 9.90. The second-order valence-electron chi connectivity index (χ2n) is 8.94. The fourth-order valence-electron chi connectivity index (χ4n) is 4.62. The summed E-state index contributed by atoms with van der Waals surface area (Å²) in [6.45, 7) is 4.14. The molecule has 1 unspecified atom stereocenters. The number of benzene rings is 2. The van der Waals surface area contributed by atoms with E-state index < -0.39 is 11.9 Å². The molecule has 9 heteroatoms. The fourth-order valence-corrected chi connectivity index (χ4v) is 4.74. The van der Waals surface area contributed by atoms with E-state index in [4.69, 9.17) is 16.4 Å². The van der Waals surface area contributed by atoms with Crippen LogP contribution in [0.2, 0.25) is 5.02 Å². The zero-order valence-electron chi connectivity index (χ0n) is 19.5. The number of anilines is 2. The van der Waals surface area contributed by atoms with Crippen LogP contribution in [0.3, 0.4) is 0 Å². The van der Waals surface area contributed by atoms with Gasteiger partial charge in [0.25, 0.3) is 0 Å². The lowest BCUT2D eigenvalue weighted by Crippen LogP contribution is -2.37. The topological polar surface area (TPSA) is 65.1 Å². The summed E-state index contributed by atoms with van der Waals surface area (Å²) in [6.07, 6.45) is 1.83. The van der Waals surface area contributed by atoms with Crippen molar-refractivity contribution in [2.45, 2.75) is 38.1 Å². The third-order valence-electron chi connectivity index (χ3n) is 6.77. The van der Waals surface area contributed by atoms with E-state index in [1.54, 1.807) is 36.1 Å². The van der Waals surface area contributed by atoms with Crippen molar-refractivity contribution in [2.75, 3.05) is 43.4 Å². The van der Waals surface area contributed by atoms with Crippen molar-refractivity contribution >= 4 is 35.0 Å². The molecule has 34 heavy (non-hydrogen) atoms. The Kier molecular flexibility index (Phi) is 7.58. The monoisotopic (exact) mass is 488 g/mol. The normalized spacial score (nSPS) is 19.2. The van der Waals surface area contributed by atoms with Gasteiger partial charge in [-0.15, -0.1) is 5.06 Å². The van der Waals surface area contributed by atoms with Crippen LogP contribution in [0.15, 0.2) is 42.5 Å². The van der Waals surface area contributed by atoms with Crippen molar-refractivity contribution in [3.05, 3.63) is 58.9 Å². The van der Waals surface area contributed by atoms with Crippen LogP contribution in [0.5, 0.6) is 0 Å². The van der Waals surface area contributed by atoms with Crippen LogP contribution in [0.4, 0.5) is 20.6 Å². The number of hydroxylamine groups is 2. The maximum absolute atomic E-state index is 14.7. The SMILES string of the molecule is CC(=O)N(C)C1CCN(c2ccc(NC(=O)ON3CCC(c4ccc(Cl)cc4)CC3)c(F)c2)C1. The average molecular weight is 489 g/mol. The number of likely N-dealkylation sites (N-methyl/N-ethyl adjacent to an activating group) is 1. The first kappa shape index (κ1) is 24.3. The molecule has 2 fully saturated rings. The summed E-state index contributed by atoms with van der Waals surface area (Å²) >= 11 is 5.96. The molecule has 2 aromatic carbocycles. The summed E-state index contributed by atoms with van der Waals surface area (Å²) in [4.78, 5) is 33.1. The Morgan fingerprint density at radius 2 is 1.79 bits per heavy atom. The number of hydrogen-bond donors (Lipinski definition) is 1. The maximum Gasteiger partial charge on any atom is 0.430 e. The largest absolute Gasteiger partial charge is 0.430 e. The standard InChI is InChI=1S/C25H30ClFN4O3/c1-17(32)29(2)22-11-12-30(16-22)21-7-8-24(23(27)15-21)28-25(33)34-31-13-9-19(10-14-31)18-3-5-20(26)6-4-18/h3-8,15,19,22H,9-14,16H2,1-2H3,(H,28,33). The molecular weight excluding hydrogens is 459 g/mol. The summed E-state index contributed by atoms with van der Waals surface area (Å²) < 4.78 is 14.7. The maximum atomic E-state index is 14.7. The Morgan fingerprint density at radius 1 is 1.09 bits per heavy atom.